The van der Waals surface area contributed by atoms with Crippen LogP contribution in [0.25, 0.3) is 11.1 Å². The summed E-state index contributed by atoms with van der Waals surface area (Å²) in [6.07, 6.45) is 7.05. The molecule has 3 N–H and O–H groups in total. The molecule has 0 amide bonds. The minimum atomic E-state index is -1.26. The minimum absolute atomic E-state index is 0.326. The molecule has 0 radical (unpaired) electrons. The number of aromatic hydroxyl groups is 1. The number of aromatic nitrogens is 1. The summed E-state index contributed by atoms with van der Waals surface area (Å²) in [6.45, 7) is 1.10. The van der Waals surface area contributed by atoms with Gasteiger partial charge in [0.15, 0.2) is 11.6 Å². The Bertz CT molecular complexity index is 869. The minimum Gasteiger partial charge on any atom is -0.505 e. The summed E-state index contributed by atoms with van der Waals surface area (Å²) < 4.78 is 13.4. The Morgan fingerprint density at radius 1 is 1.14 bits per heavy atom. The van der Waals surface area contributed by atoms with Gasteiger partial charge in [-0.05, 0) is 55.8 Å². The Morgan fingerprint density at radius 3 is 2.36 bits per heavy atom. The number of nitrogens with zero attached hydrogens (tertiary/aromatic N) is 2. The molecule has 28 heavy (non-hydrogen) atoms. The lowest BCUT2D eigenvalue weighted by molar-refractivity contribution is -0.134. The fourth-order valence-corrected chi connectivity index (χ4v) is 2.96. The van der Waals surface area contributed by atoms with E-state index >= 15 is 0 Å². The van der Waals surface area contributed by atoms with E-state index < -0.39 is 17.8 Å². The van der Waals surface area contributed by atoms with Gasteiger partial charge < -0.3 is 15.3 Å². The summed E-state index contributed by atoms with van der Waals surface area (Å²) in [5, 5.41) is 24.9. The highest BCUT2D eigenvalue weighted by Gasteiger charge is 2.23. The molecule has 1 fully saturated rings. The topological polar surface area (TPSA) is 111 Å². The van der Waals surface area contributed by atoms with Crippen LogP contribution in [0.5, 0.6) is 5.75 Å². The molecular formula is C20H21FN2O5. The molecule has 1 unspecified atom stereocenters. The number of likely N-dealkylation sites (tertiary alicyclic amines) is 1. The van der Waals surface area contributed by atoms with Gasteiger partial charge in [0.2, 0.25) is 0 Å². The Kier molecular flexibility index (Phi) is 7.22. The van der Waals surface area contributed by atoms with Crippen molar-refractivity contribution in [1.29, 1.82) is 0 Å². The second-order valence-electron chi connectivity index (χ2n) is 6.32. The molecule has 0 aliphatic carbocycles. The van der Waals surface area contributed by atoms with Crippen LogP contribution in [0.3, 0.4) is 0 Å². The second-order valence-corrected chi connectivity index (χ2v) is 6.32. The lowest BCUT2D eigenvalue weighted by atomic mass is 10.0. The maximum absolute atomic E-state index is 13.4. The third-order valence-corrected chi connectivity index (χ3v) is 4.31. The number of aliphatic carboxylic acids is 2. The summed E-state index contributed by atoms with van der Waals surface area (Å²) in [4.78, 5) is 25.7. The number of carbonyl (C=O) groups is 2. The molecule has 1 aliphatic heterocycles. The molecule has 148 valence electrons. The van der Waals surface area contributed by atoms with Gasteiger partial charge in [-0.15, -0.1) is 0 Å². The Balaban J connectivity index is 0.000000300. The standard InChI is InChI=1S/C16H17FN2O.C4H4O4/c1-19-6-2-3-15(19)13-7-12(9-18-10-13)11-4-5-16(20)14(17)8-11;5-3(6)1-2-4(7)8/h4-5,7-10,15,20H,2-3,6H2,1H3;1-2H,(H,5,6)(H,7,8)/b;2-1+. The summed E-state index contributed by atoms with van der Waals surface area (Å²) in [5.74, 6) is -3.45. The van der Waals surface area contributed by atoms with E-state index in [1.807, 2.05) is 6.20 Å². The Labute approximate surface area is 161 Å². The van der Waals surface area contributed by atoms with Crippen molar-refractivity contribution in [1.82, 2.24) is 9.88 Å². The van der Waals surface area contributed by atoms with Crippen molar-refractivity contribution >= 4 is 11.9 Å². The first kappa shape index (κ1) is 21.0. The van der Waals surface area contributed by atoms with Crippen LogP contribution in [0.2, 0.25) is 0 Å². The van der Waals surface area contributed by atoms with Gasteiger partial charge in [-0.25, -0.2) is 14.0 Å². The van der Waals surface area contributed by atoms with Crippen LogP contribution in [0, 0.1) is 5.82 Å². The average molecular weight is 388 g/mol. The third kappa shape index (κ3) is 5.88. The first-order chi connectivity index (χ1) is 13.3. The lowest BCUT2D eigenvalue weighted by Crippen LogP contribution is -2.17. The van der Waals surface area contributed by atoms with Crippen molar-refractivity contribution in [3.63, 3.8) is 0 Å². The summed E-state index contributed by atoms with van der Waals surface area (Å²) in [5.41, 5.74) is 2.77. The van der Waals surface area contributed by atoms with Crippen LogP contribution in [0.1, 0.15) is 24.4 Å². The van der Waals surface area contributed by atoms with Crippen molar-refractivity contribution in [3.8, 4) is 16.9 Å². The van der Waals surface area contributed by atoms with E-state index in [0.717, 1.165) is 29.7 Å². The normalized spacial score (nSPS) is 16.6. The number of hydrogen-bond acceptors (Lipinski definition) is 5. The number of pyridine rings is 1. The molecule has 8 heteroatoms. The van der Waals surface area contributed by atoms with Crippen LogP contribution in [0.15, 0.2) is 48.8 Å². The SMILES string of the molecule is CN1CCCC1c1cncc(-c2ccc(O)c(F)c2)c1.O=C(O)/C=C/C(=O)O. The molecule has 0 saturated carbocycles. The van der Waals surface area contributed by atoms with E-state index in [1.54, 1.807) is 12.3 Å². The van der Waals surface area contributed by atoms with Crippen molar-refractivity contribution in [2.24, 2.45) is 0 Å². The number of carboxylic acid groups (broad SMARTS) is 2. The predicted octanol–water partition coefficient (Wildman–Crippen LogP) is 3.07. The first-order valence-electron chi connectivity index (χ1n) is 8.56. The maximum Gasteiger partial charge on any atom is 0.328 e. The number of phenolic OH excluding ortho intramolecular Hbond substituents is 1. The average Bonchev–Trinajstić information content (AvgIpc) is 3.09. The highest BCUT2D eigenvalue weighted by Crippen LogP contribution is 2.32. The first-order valence-corrected chi connectivity index (χ1v) is 8.56. The zero-order valence-electron chi connectivity index (χ0n) is 15.2. The van der Waals surface area contributed by atoms with Crippen LogP contribution in [-0.4, -0.2) is 50.7 Å². The van der Waals surface area contributed by atoms with Gasteiger partial charge in [0.1, 0.15) is 0 Å². The molecule has 1 atom stereocenters. The molecule has 2 heterocycles. The molecule has 1 aromatic carbocycles. The molecule has 0 spiro atoms. The number of carboxylic acids is 2. The number of hydrogen-bond donors (Lipinski definition) is 3. The Morgan fingerprint density at radius 2 is 1.82 bits per heavy atom. The smallest absolute Gasteiger partial charge is 0.328 e. The summed E-state index contributed by atoms with van der Waals surface area (Å²) >= 11 is 0. The molecular weight excluding hydrogens is 367 g/mol. The lowest BCUT2D eigenvalue weighted by Gasteiger charge is -2.20. The molecule has 1 aromatic heterocycles. The maximum atomic E-state index is 13.4. The van der Waals surface area contributed by atoms with Crippen LogP contribution < -0.4 is 0 Å². The van der Waals surface area contributed by atoms with Crippen LogP contribution >= 0.6 is 0 Å². The number of rotatable bonds is 4. The van der Waals surface area contributed by atoms with Crippen molar-refractivity contribution < 1.29 is 29.3 Å². The molecule has 1 saturated heterocycles. The fourth-order valence-electron chi connectivity index (χ4n) is 2.96. The van der Waals surface area contributed by atoms with E-state index in [4.69, 9.17) is 10.2 Å². The number of phenols is 1. The molecule has 1 aliphatic rings. The largest absolute Gasteiger partial charge is 0.505 e. The predicted molar refractivity (Wildman–Crippen MR) is 100 cm³/mol. The third-order valence-electron chi connectivity index (χ3n) is 4.31. The fraction of sp³-hybridized carbons (Fsp3) is 0.250. The van der Waals surface area contributed by atoms with Crippen molar-refractivity contribution in [2.45, 2.75) is 18.9 Å². The van der Waals surface area contributed by atoms with Gasteiger partial charge in [0, 0.05) is 36.2 Å². The van der Waals surface area contributed by atoms with E-state index in [9.17, 15) is 19.1 Å². The molecule has 2 aromatic rings. The van der Waals surface area contributed by atoms with E-state index in [-0.39, 0.29) is 5.75 Å². The van der Waals surface area contributed by atoms with E-state index in [1.165, 1.54) is 18.6 Å². The quantitative estimate of drug-likeness (QED) is 0.690. The Hall–Kier alpha value is -3.26. The van der Waals surface area contributed by atoms with E-state index in [2.05, 4.69) is 23.0 Å². The van der Waals surface area contributed by atoms with Gasteiger partial charge in [0.25, 0.3) is 0 Å². The monoisotopic (exact) mass is 388 g/mol. The van der Waals surface area contributed by atoms with Crippen molar-refractivity contribution in [3.05, 3.63) is 60.2 Å². The molecule has 3 rings (SSSR count). The van der Waals surface area contributed by atoms with Gasteiger partial charge in [0.05, 0.1) is 0 Å². The van der Waals surface area contributed by atoms with Crippen LogP contribution in [-0.2, 0) is 9.59 Å². The number of halogens is 1. The van der Waals surface area contributed by atoms with E-state index in [0.29, 0.717) is 18.2 Å². The molecule has 7 nitrogen and oxygen atoms in total. The van der Waals surface area contributed by atoms with Gasteiger partial charge in [-0.1, -0.05) is 6.07 Å². The summed E-state index contributed by atoms with van der Waals surface area (Å²) in [7, 11) is 2.12. The van der Waals surface area contributed by atoms with Crippen LogP contribution in [0.4, 0.5) is 4.39 Å². The van der Waals surface area contributed by atoms with Gasteiger partial charge in [-0.3, -0.25) is 9.88 Å². The van der Waals surface area contributed by atoms with Crippen molar-refractivity contribution in [2.75, 3.05) is 13.6 Å². The molecule has 0 bridgehead atoms. The second kappa shape index (κ2) is 9.61. The zero-order valence-corrected chi connectivity index (χ0v) is 15.2. The highest BCUT2D eigenvalue weighted by atomic mass is 19.1. The van der Waals surface area contributed by atoms with Gasteiger partial charge in [-0.2, -0.15) is 0 Å². The summed E-state index contributed by atoms with van der Waals surface area (Å²) in [6, 6.07) is 6.88. The van der Waals surface area contributed by atoms with Gasteiger partial charge >= 0.3 is 11.9 Å². The number of benzene rings is 1. The highest BCUT2D eigenvalue weighted by molar-refractivity contribution is 5.89. The zero-order chi connectivity index (χ0) is 20.7.